The number of nitrogens with one attached hydrogen (secondary N) is 1. The first-order chi connectivity index (χ1) is 19.4. The van der Waals surface area contributed by atoms with Gasteiger partial charge in [0.2, 0.25) is 11.8 Å². The Morgan fingerprint density at radius 2 is 1.62 bits per heavy atom. The molecule has 208 valence electrons. The lowest BCUT2D eigenvalue weighted by Gasteiger charge is -2.37. The van der Waals surface area contributed by atoms with Crippen LogP contribution >= 0.6 is 0 Å². The van der Waals surface area contributed by atoms with Crippen molar-refractivity contribution >= 4 is 23.6 Å². The topological polar surface area (TPSA) is 82.2 Å². The van der Waals surface area contributed by atoms with Gasteiger partial charge in [-0.05, 0) is 42.3 Å². The van der Waals surface area contributed by atoms with E-state index in [4.69, 9.17) is 4.74 Å². The lowest BCUT2D eigenvalue weighted by Crippen LogP contribution is -2.54. The zero-order chi connectivity index (χ0) is 28.1. The van der Waals surface area contributed by atoms with Gasteiger partial charge in [0.05, 0.1) is 13.0 Å². The maximum atomic E-state index is 14.0. The lowest BCUT2D eigenvalue weighted by molar-refractivity contribution is -0.138. The molecule has 2 aliphatic rings. The number of benzene rings is 3. The molecular formula is C32H36N4O4. The fourth-order valence-electron chi connectivity index (χ4n) is 5.34. The van der Waals surface area contributed by atoms with Crippen LogP contribution in [-0.2, 0) is 27.3 Å². The van der Waals surface area contributed by atoms with E-state index in [1.54, 1.807) is 17.0 Å². The molecule has 2 aliphatic heterocycles. The first-order valence-electron chi connectivity index (χ1n) is 13.9. The van der Waals surface area contributed by atoms with E-state index in [0.717, 1.165) is 36.3 Å². The molecule has 5 rings (SSSR count). The van der Waals surface area contributed by atoms with Gasteiger partial charge < -0.3 is 19.9 Å². The van der Waals surface area contributed by atoms with Crippen molar-refractivity contribution in [2.24, 2.45) is 0 Å². The van der Waals surface area contributed by atoms with Crippen LogP contribution in [0.4, 0.5) is 10.5 Å². The lowest BCUT2D eigenvalue weighted by atomic mass is 9.99. The molecule has 2 unspecified atom stereocenters. The highest BCUT2D eigenvalue weighted by molar-refractivity contribution is 5.92. The van der Waals surface area contributed by atoms with Crippen LogP contribution in [0.1, 0.15) is 35.3 Å². The van der Waals surface area contributed by atoms with Crippen LogP contribution in [0, 0.1) is 6.92 Å². The smallest absolute Gasteiger partial charge is 0.411 e. The molecule has 3 aromatic carbocycles. The van der Waals surface area contributed by atoms with Gasteiger partial charge in [-0.25, -0.2) is 4.79 Å². The molecule has 3 amide bonds. The number of carbonyl (C=O) groups excluding carboxylic acids is 3. The molecule has 0 radical (unpaired) electrons. The number of likely N-dealkylation sites (N-methyl/N-ethyl adjacent to an activating group) is 1. The normalized spacial score (nSPS) is 19.4. The summed E-state index contributed by atoms with van der Waals surface area (Å²) >= 11 is 0. The summed E-state index contributed by atoms with van der Waals surface area (Å²) in [5.41, 5.74) is 4.23. The average molecular weight is 541 g/mol. The third kappa shape index (κ3) is 6.34. The molecule has 0 spiro atoms. The number of rotatable bonds is 8. The van der Waals surface area contributed by atoms with E-state index in [-0.39, 0.29) is 24.8 Å². The fraction of sp³-hybridized carbons (Fsp3) is 0.344. The minimum absolute atomic E-state index is 0.114. The van der Waals surface area contributed by atoms with Crippen LogP contribution in [0.3, 0.4) is 0 Å². The number of ether oxygens (including phenoxy) is 1. The second-order valence-corrected chi connectivity index (χ2v) is 10.5. The molecule has 2 heterocycles. The van der Waals surface area contributed by atoms with Gasteiger partial charge in [0.15, 0.2) is 12.1 Å². The number of aryl methyl sites for hydroxylation is 1. The first-order valence-corrected chi connectivity index (χ1v) is 13.9. The summed E-state index contributed by atoms with van der Waals surface area (Å²) in [6, 6.07) is 23.9. The van der Waals surface area contributed by atoms with Crippen LogP contribution in [0.5, 0.6) is 0 Å². The van der Waals surface area contributed by atoms with Crippen LogP contribution in [0.2, 0.25) is 0 Å². The third-order valence-electron chi connectivity index (χ3n) is 7.65. The Kier molecular flexibility index (Phi) is 8.45. The van der Waals surface area contributed by atoms with Gasteiger partial charge in [-0.3, -0.25) is 14.5 Å². The minimum atomic E-state index is -0.808. The molecule has 8 heteroatoms. The van der Waals surface area contributed by atoms with Crippen LogP contribution in [0.15, 0.2) is 78.9 Å². The van der Waals surface area contributed by atoms with Gasteiger partial charge in [0, 0.05) is 31.9 Å². The molecule has 1 N–H and O–H groups in total. The minimum Gasteiger partial charge on any atom is -0.438 e. The van der Waals surface area contributed by atoms with E-state index in [1.807, 2.05) is 78.6 Å². The monoisotopic (exact) mass is 540 g/mol. The van der Waals surface area contributed by atoms with Crippen molar-refractivity contribution in [2.45, 2.75) is 39.0 Å². The molecule has 0 bridgehead atoms. The summed E-state index contributed by atoms with van der Waals surface area (Å²) in [6.07, 6.45) is -1.06. The summed E-state index contributed by atoms with van der Waals surface area (Å²) in [7, 11) is 0. The molecule has 0 aliphatic carbocycles. The van der Waals surface area contributed by atoms with Crippen molar-refractivity contribution in [3.63, 3.8) is 0 Å². The number of anilines is 1. The highest BCUT2D eigenvalue weighted by Crippen LogP contribution is 2.36. The fourth-order valence-corrected chi connectivity index (χ4v) is 5.34. The van der Waals surface area contributed by atoms with E-state index in [2.05, 4.69) is 17.1 Å². The van der Waals surface area contributed by atoms with E-state index < -0.39 is 18.2 Å². The van der Waals surface area contributed by atoms with Crippen LogP contribution in [-0.4, -0.2) is 71.4 Å². The summed E-state index contributed by atoms with van der Waals surface area (Å²) in [4.78, 5) is 45.7. The predicted octanol–water partition coefficient (Wildman–Crippen LogP) is 4.40. The Morgan fingerprint density at radius 1 is 0.900 bits per heavy atom. The maximum absolute atomic E-state index is 14.0. The molecule has 8 nitrogen and oxygen atoms in total. The average Bonchev–Trinajstić information content (AvgIpc) is 3.30. The largest absolute Gasteiger partial charge is 0.438 e. The van der Waals surface area contributed by atoms with Crippen molar-refractivity contribution in [1.29, 1.82) is 0 Å². The van der Waals surface area contributed by atoms with Gasteiger partial charge in [-0.1, -0.05) is 79.2 Å². The highest BCUT2D eigenvalue weighted by atomic mass is 16.6. The molecule has 3 aromatic rings. The van der Waals surface area contributed by atoms with E-state index >= 15 is 0 Å². The Labute approximate surface area is 235 Å². The zero-order valence-electron chi connectivity index (χ0n) is 23.1. The second-order valence-electron chi connectivity index (χ2n) is 10.5. The van der Waals surface area contributed by atoms with Crippen molar-refractivity contribution < 1.29 is 19.1 Å². The van der Waals surface area contributed by atoms with Gasteiger partial charge in [0.1, 0.15) is 0 Å². The maximum Gasteiger partial charge on any atom is 0.411 e. The van der Waals surface area contributed by atoms with Gasteiger partial charge in [0.25, 0.3) is 0 Å². The Balaban J connectivity index is 1.39. The van der Waals surface area contributed by atoms with Crippen molar-refractivity contribution in [2.75, 3.05) is 38.0 Å². The molecule has 2 atom stereocenters. The van der Waals surface area contributed by atoms with E-state index in [1.165, 1.54) is 0 Å². The summed E-state index contributed by atoms with van der Waals surface area (Å²) in [6.45, 7) is 8.16. The number of hydrogen-bond donors (Lipinski definition) is 1. The predicted molar refractivity (Wildman–Crippen MR) is 154 cm³/mol. The summed E-state index contributed by atoms with van der Waals surface area (Å²) < 4.78 is 5.89. The van der Waals surface area contributed by atoms with E-state index in [0.29, 0.717) is 24.3 Å². The first kappa shape index (κ1) is 27.4. The molecule has 2 saturated heterocycles. The Bertz CT molecular complexity index is 1340. The zero-order valence-corrected chi connectivity index (χ0v) is 23.1. The van der Waals surface area contributed by atoms with Crippen molar-refractivity contribution in [3.05, 3.63) is 101 Å². The second kappa shape index (κ2) is 12.3. The number of cyclic esters (lactones) is 1. The number of hydrogen-bond acceptors (Lipinski definition) is 5. The van der Waals surface area contributed by atoms with Crippen molar-refractivity contribution in [3.8, 4) is 0 Å². The molecule has 40 heavy (non-hydrogen) atoms. The standard InChI is InChI=1S/C32H36N4O4/c1-3-34-16-18-35(19-17-34)31(38)29-30(40-32(39)36(29)22-25-14-12-23(2)13-15-25)26-10-7-11-27(21-26)33-28(37)20-24-8-5-4-6-9-24/h4-15,21,29-30H,3,16-20,22H2,1-2H3,(H,33,37). The molecule has 0 aromatic heterocycles. The Hall–Kier alpha value is -4.17. The van der Waals surface area contributed by atoms with Gasteiger partial charge in [-0.15, -0.1) is 0 Å². The van der Waals surface area contributed by atoms with Gasteiger partial charge >= 0.3 is 6.09 Å². The van der Waals surface area contributed by atoms with Gasteiger partial charge in [-0.2, -0.15) is 0 Å². The van der Waals surface area contributed by atoms with Crippen LogP contribution < -0.4 is 5.32 Å². The summed E-state index contributed by atoms with van der Waals surface area (Å²) in [5.74, 6) is -0.258. The Morgan fingerprint density at radius 3 is 2.33 bits per heavy atom. The molecule has 0 saturated carbocycles. The number of nitrogens with zero attached hydrogens (tertiary/aromatic N) is 3. The number of carbonyl (C=O) groups is 3. The van der Waals surface area contributed by atoms with Crippen molar-refractivity contribution in [1.82, 2.24) is 14.7 Å². The molecule has 2 fully saturated rings. The number of amides is 3. The van der Waals surface area contributed by atoms with Crippen LogP contribution in [0.25, 0.3) is 0 Å². The molecular weight excluding hydrogens is 504 g/mol. The highest BCUT2D eigenvalue weighted by Gasteiger charge is 2.48. The summed E-state index contributed by atoms with van der Waals surface area (Å²) in [5, 5.41) is 2.95. The SMILES string of the molecule is CCN1CCN(C(=O)C2C(c3cccc(NC(=O)Cc4ccccc4)c3)OC(=O)N2Cc2ccc(C)cc2)CC1. The van der Waals surface area contributed by atoms with E-state index in [9.17, 15) is 14.4 Å². The quantitative estimate of drug-likeness (QED) is 0.458. The third-order valence-corrected chi connectivity index (χ3v) is 7.65. The number of piperazine rings is 1.